The summed E-state index contributed by atoms with van der Waals surface area (Å²) in [7, 11) is 0. The Morgan fingerprint density at radius 1 is 1.14 bits per heavy atom. The number of aromatic hydroxyl groups is 1. The fourth-order valence-corrected chi connectivity index (χ4v) is 1.84. The number of hydrogen-bond acceptors (Lipinski definition) is 3. The molecule has 0 bridgehead atoms. The molecule has 4 N–H and O–H groups in total. The molecule has 0 aliphatic rings. The fourth-order valence-electron chi connectivity index (χ4n) is 1.84. The third-order valence-corrected chi connectivity index (χ3v) is 2.86. The standard InChI is InChI=1S/C15H14F2N2O2/c16-10-6-11(17)8-12(7-10)19-15(21)14(18)5-9-1-3-13(20)4-2-9/h1-4,6-8,14,20H,5,18H2,(H,19,21). The van der Waals surface area contributed by atoms with Gasteiger partial charge in [0.05, 0.1) is 6.04 Å². The summed E-state index contributed by atoms with van der Waals surface area (Å²) in [4.78, 5) is 11.9. The molecule has 0 heterocycles. The van der Waals surface area contributed by atoms with Gasteiger partial charge in [0, 0.05) is 11.8 Å². The molecule has 0 aliphatic heterocycles. The highest BCUT2D eigenvalue weighted by atomic mass is 19.1. The van der Waals surface area contributed by atoms with Crippen LogP contribution < -0.4 is 11.1 Å². The Labute approximate surface area is 120 Å². The Bertz CT molecular complexity index is 624. The number of phenolic OH excluding ortho intramolecular Hbond substituents is 1. The number of carbonyl (C=O) groups excluding carboxylic acids is 1. The van der Waals surface area contributed by atoms with Crippen LogP contribution in [0.25, 0.3) is 0 Å². The molecule has 110 valence electrons. The summed E-state index contributed by atoms with van der Waals surface area (Å²) in [5.74, 6) is -1.99. The van der Waals surface area contributed by atoms with Crippen molar-refractivity contribution in [3.05, 3.63) is 59.7 Å². The first-order valence-electron chi connectivity index (χ1n) is 6.24. The summed E-state index contributed by atoms with van der Waals surface area (Å²) < 4.78 is 26.0. The molecule has 0 spiro atoms. The number of hydrogen-bond donors (Lipinski definition) is 3. The van der Waals surface area contributed by atoms with Crippen LogP contribution in [-0.2, 0) is 11.2 Å². The van der Waals surface area contributed by atoms with Crippen LogP contribution in [0.5, 0.6) is 5.75 Å². The molecule has 1 amide bonds. The number of nitrogens with one attached hydrogen (secondary N) is 1. The van der Waals surface area contributed by atoms with Gasteiger partial charge in [-0.05, 0) is 36.2 Å². The minimum Gasteiger partial charge on any atom is -0.508 e. The second-order valence-electron chi connectivity index (χ2n) is 4.62. The molecule has 21 heavy (non-hydrogen) atoms. The normalized spacial score (nSPS) is 12.0. The molecule has 0 aliphatic carbocycles. The molecule has 2 aromatic rings. The molecule has 0 aromatic heterocycles. The smallest absolute Gasteiger partial charge is 0.241 e. The SMILES string of the molecule is NC(Cc1ccc(O)cc1)C(=O)Nc1cc(F)cc(F)c1. The maximum atomic E-state index is 13.0. The molecule has 2 rings (SSSR count). The van der Waals surface area contributed by atoms with E-state index in [2.05, 4.69) is 5.32 Å². The Kier molecular flexibility index (Phi) is 4.49. The van der Waals surface area contributed by atoms with Crippen molar-refractivity contribution in [1.82, 2.24) is 0 Å². The second-order valence-corrected chi connectivity index (χ2v) is 4.62. The van der Waals surface area contributed by atoms with E-state index in [-0.39, 0.29) is 17.9 Å². The average Bonchev–Trinajstić information content (AvgIpc) is 2.40. The first-order valence-corrected chi connectivity index (χ1v) is 6.24. The van der Waals surface area contributed by atoms with Crippen molar-refractivity contribution in [2.24, 2.45) is 5.73 Å². The predicted molar refractivity (Wildman–Crippen MR) is 74.8 cm³/mol. The second kappa shape index (κ2) is 6.32. The summed E-state index contributed by atoms with van der Waals surface area (Å²) in [6, 6.07) is 8.12. The number of halogens is 2. The van der Waals surface area contributed by atoms with Crippen molar-refractivity contribution in [3.63, 3.8) is 0 Å². The van der Waals surface area contributed by atoms with E-state index in [9.17, 15) is 13.6 Å². The van der Waals surface area contributed by atoms with Crippen molar-refractivity contribution < 1.29 is 18.7 Å². The Balaban J connectivity index is 2.00. The van der Waals surface area contributed by atoms with Crippen molar-refractivity contribution >= 4 is 11.6 Å². The molecule has 1 atom stereocenters. The van der Waals surface area contributed by atoms with E-state index in [1.165, 1.54) is 12.1 Å². The molecule has 0 radical (unpaired) electrons. The Morgan fingerprint density at radius 3 is 2.29 bits per heavy atom. The van der Waals surface area contributed by atoms with Crippen molar-refractivity contribution in [3.8, 4) is 5.75 Å². The molecule has 0 saturated carbocycles. The number of carbonyl (C=O) groups is 1. The van der Waals surface area contributed by atoms with Gasteiger partial charge in [0.25, 0.3) is 0 Å². The molecule has 1 unspecified atom stereocenters. The third-order valence-electron chi connectivity index (χ3n) is 2.86. The molecule has 2 aromatic carbocycles. The highest BCUT2D eigenvalue weighted by Gasteiger charge is 2.15. The quantitative estimate of drug-likeness (QED) is 0.808. The number of nitrogens with two attached hydrogens (primary N) is 1. The highest BCUT2D eigenvalue weighted by molar-refractivity contribution is 5.94. The van der Waals surface area contributed by atoms with E-state index in [0.29, 0.717) is 6.07 Å². The Hall–Kier alpha value is -2.47. The molecule has 6 heteroatoms. The average molecular weight is 292 g/mol. The highest BCUT2D eigenvalue weighted by Crippen LogP contribution is 2.14. The van der Waals surface area contributed by atoms with Crippen LogP contribution in [-0.4, -0.2) is 17.1 Å². The third kappa shape index (κ3) is 4.25. The molecule has 0 fully saturated rings. The summed E-state index contributed by atoms with van der Waals surface area (Å²) in [6.45, 7) is 0. The number of anilines is 1. The van der Waals surface area contributed by atoms with E-state index in [1.807, 2.05) is 0 Å². The fraction of sp³-hybridized carbons (Fsp3) is 0.133. The van der Waals surface area contributed by atoms with Crippen LogP contribution in [0.1, 0.15) is 5.56 Å². The number of rotatable bonds is 4. The van der Waals surface area contributed by atoms with Crippen molar-refractivity contribution in [2.75, 3.05) is 5.32 Å². The van der Waals surface area contributed by atoms with E-state index in [1.54, 1.807) is 12.1 Å². The molecule has 4 nitrogen and oxygen atoms in total. The van der Waals surface area contributed by atoms with Gasteiger partial charge in [0.15, 0.2) is 0 Å². The van der Waals surface area contributed by atoms with Gasteiger partial charge in [-0.3, -0.25) is 4.79 Å². The van der Waals surface area contributed by atoms with E-state index >= 15 is 0 Å². The number of benzene rings is 2. The lowest BCUT2D eigenvalue weighted by Crippen LogP contribution is -2.37. The van der Waals surface area contributed by atoms with Crippen molar-refractivity contribution in [2.45, 2.75) is 12.5 Å². The van der Waals surface area contributed by atoms with E-state index in [4.69, 9.17) is 10.8 Å². The lowest BCUT2D eigenvalue weighted by molar-refractivity contribution is -0.117. The number of phenols is 1. The summed E-state index contributed by atoms with van der Waals surface area (Å²) >= 11 is 0. The van der Waals surface area contributed by atoms with Gasteiger partial charge in [-0.25, -0.2) is 8.78 Å². The van der Waals surface area contributed by atoms with Crippen LogP contribution in [0.4, 0.5) is 14.5 Å². The zero-order valence-corrected chi connectivity index (χ0v) is 11.0. The lowest BCUT2D eigenvalue weighted by Gasteiger charge is -2.12. The largest absolute Gasteiger partial charge is 0.508 e. The van der Waals surface area contributed by atoms with Gasteiger partial charge in [0.2, 0.25) is 5.91 Å². The van der Waals surface area contributed by atoms with Crippen molar-refractivity contribution in [1.29, 1.82) is 0 Å². The predicted octanol–water partition coefficient (Wildman–Crippen LogP) is 2.18. The van der Waals surface area contributed by atoms with Gasteiger partial charge < -0.3 is 16.2 Å². The van der Waals surface area contributed by atoms with Gasteiger partial charge in [0.1, 0.15) is 17.4 Å². The maximum absolute atomic E-state index is 13.0. The zero-order valence-electron chi connectivity index (χ0n) is 11.0. The molecular weight excluding hydrogens is 278 g/mol. The molecular formula is C15H14F2N2O2. The van der Waals surface area contributed by atoms with Gasteiger partial charge in [-0.1, -0.05) is 12.1 Å². The Morgan fingerprint density at radius 2 is 1.71 bits per heavy atom. The van der Waals surface area contributed by atoms with Gasteiger partial charge in [-0.2, -0.15) is 0 Å². The van der Waals surface area contributed by atoms with Crippen LogP contribution >= 0.6 is 0 Å². The molecule has 0 saturated heterocycles. The van der Waals surface area contributed by atoms with Crippen LogP contribution in [0, 0.1) is 11.6 Å². The summed E-state index contributed by atoms with van der Waals surface area (Å²) in [6.07, 6.45) is 0.240. The van der Waals surface area contributed by atoms with Gasteiger partial charge >= 0.3 is 0 Å². The topological polar surface area (TPSA) is 75.3 Å². The van der Waals surface area contributed by atoms with Crippen LogP contribution in [0.3, 0.4) is 0 Å². The van der Waals surface area contributed by atoms with E-state index in [0.717, 1.165) is 17.7 Å². The van der Waals surface area contributed by atoms with E-state index < -0.39 is 23.6 Å². The van der Waals surface area contributed by atoms with Crippen LogP contribution in [0.2, 0.25) is 0 Å². The summed E-state index contributed by atoms with van der Waals surface area (Å²) in [5.41, 5.74) is 6.53. The monoisotopic (exact) mass is 292 g/mol. The summed E-state index contributed by atoms with van der Waals surface area (Å²) in [5, 5.41) is 11.5. The minimum atomic E-state index is -0.874. The van der Waals surface area contributed by atoms with Gasteiger partial charge in [-0.15, -0.1) is 0 Å². The lowest BCUT2D eigenvalue weighted by atomic mass is 10.1. The van der Waals surface area contributed by atoms with Crippen LogP contribution in [0.15, 0.2) is 42.5 Å². The minimum absolute atomic E-state index is 0.0126. The first kappa shape index (κ1) is 14.9. The first-order chi connectivity index (χ1) is 9.94. The zero-order chi connectivity index (χ0) is 15.4. The maximum Gasteiger partial charge on any atom is 0.241 e. The number of amides is 1.